The lowest BCUT2D eigenvalue weighted by atomic mass is 9.84. The summed E-state index contributed by atoms with van der Waals surface area (Å²) < 4.78 is 0. The first kappa shape index (κ1) is 13.3. The first-order valence-corrected chi connectivity index (χ1v) is 7.31. The Balaban J connectivity index is 1.84. The van der Waals surface area contributed by atoms with Crippen molar-refractivity contribution in [2.24, 2.45) is 11.7 Å². The Morgan fingerprint density at radius 1 is 1.12 bits per heavy atom. The Labute approximate surface area is 106 Å². The van der Waals surface area contributed by atoms with Crippen molar-refractivity contribution in [1.82, 2.24) is 9.80 Å². The van der Waals surface area contributed by atoms with E-state index >= 15 is 0 Å². The van der Waals surface area contributed by atoms with E-state index in [-0.39, 0.29) is 0 Å². The molecule has 2 N–H and O–H groups in total. The SMILES string of the molecule is CN1CCC(N(C)C2CCCC(CN)C2)CC1. The molecule has 0 radical (unpaired) electrons. The van der Waals surface area contributed by atoms with E-state index in [9.17, 15) is 0 Å². The normalized spacial score (nSPS) is 33.2. The third kappa shape index (κ3) is 3.43. The van der Waals surface area contributed by atoms with E-state index in [1.807, 2.05) is 0 Å². The summed E-state index contributed by atoms with van der Waals surface area (Å²) in [5.74, 6) is 0.780. The minimum absolute atomic E-state index is 0.780. The average Bonchev–Trinajstić information content (AvgIpc) is 2.39. The average molecular weight is 239 g/mol. The molecule has 0 aromatic rings. The van der Waals surface area contributed by atoms with Gasteiger partial charge < -0.3 is 15.5 Å². The largest absolute Gasteiger partial charge is 0.330 e. The highest BCUT2D eigenvalue weighted by atomic mass is 15.2. The van der Waals surface area contributed by atoms with Crippen LogP contribution >= 0.6 is 0 Å². The quantitative estimate of drug-likeness (QED) is 0.811. The van der Waals surface area contributed by atoms with Gasteiger partial charge in [0.2, 0.25) is 0 Å². The molecule has 0 bridgehead atoms. The number of likely N-dealkylation sites (tertiary alicyclic amines) is 1. The van der Waals surface area contributed by atoms with Crippen LogP contribution in [0.2, 0.25) is 0 Å². The topological polar surface area (TPSA) is 32.5 Å². The maximum atomic E-state index is 5.84. The molecule has 2 fully saturated rings. The molecule has 1 saturated heterocycles. The van der Waals surface area contributed by atoms with Gasteiger partial charge in [0.15, 0.2) is 0 Å². The molecule has 2 aliphatic rings. The summed E-state index contributed by atoms with van der Waals surface area (Å²) in [7, 11) is 4.58. The van der Waals surface area contributed by atoms with Gasteiger partial charge in [-0.3, -0.25) is 0 Å². The highest BCUT2D eigenvalue weighted by molar-refractivity contribution is 4.85. The monoisotopic (exact) mass is 239 g/mol. The summed E-state index contributed by atoms with van der Waals surface area (Å²) in [5.41, 5.74) is 5.84. The second-order valence-electron chi connectivity index (χ2n) is 6.12. The minimum Gasteiger partial charge on any atom is -0.330 e. The summed E-state index contributed by atoms with van der Waals surface area (Å²) in [5, 5.41) is 0. The number of hydrogen-bond donors (Lipinski definition) is 1. The highest BCUT2D eigenvalue weighted by Crippen LogP contribution is 2.29. The minimum atomic E-state index is 0.780. The van der Waals surface area contributed by atoms with Crippen molar-refractivity contribution in [2.45, 2.75) is 50.6 Å². The molecule has 1 saturated carbocycles. The molecule has 0 aromatic heterocycles. The van der Waals surface area contributed by atoms with E-state index in [1.165, 1.54) is 51.6 Å². The number of nitrogens with zero attached hydrogens (tertiary/aromatic N) is 2. The fourth-order valence-electron chi connectivity index (χ4n) is 3.55. The van der Waals surface area contributed by atoms with Crippen molar-refractivity contribution in [3.8, 4) is 0 Å². The molecule has 3 nitrogen and oxygen atoms in total. The van der Waals surface area contributed by atoms with Crippen LogP contribution in [0.5, 0.6) is 0 Å². The van der Waals surface area contributed by atoms with E-state index in [1.54, 1.807) is 0 Å². The van der Waals surface area contributed by atoms with Crippen LogP contribution < -0.4 is 5.73 Å². The zero-order valence-electron chi connectivity index (χ0n) is 11.6. The molecule has 1 aliphatic carbocycles. The Bertz CT molecular complexity index is 224. The molecule has 2 atom stereocenters. The maximum Gasteiger partial charge on any atom is 0.0119 e. The number of nitrogens with two attached hydrogens (primary N) is 1. The van der Waals surface area contributed by atoms with Gasteiger partial charge >= 0.3 is 0 Å². The predicted molar refractivity (Wildman–Crippen MR) is 73.1 cm³/mol. The van der Waals surface area contributed by atoms with Crippen LogP contribution in [0.15, 0.2) is 0 Å². The van der Waals surface area contributed by atoms with E-state index in [2.05, 4.69) is 23.9 Å². The molecule has 3 heteroatoms. The van der Waals surface area contributed by atoms with Gasteiger partial charge in [0, 0.05) is 12.1 Å². The van der Waals surface area contributed by atoms with Crippen LogP contribution in [0.1, 0.15) is 38.5 Å². The first-order valence-electron chi connectivity index (χ1n) is 7.31. The Morgan fingerprint density at radius 3 is 2.47 bits per heavy atom. The summed E-state index contributed by atoms with van der Waals surface area (Å²) in [6.45, 7) is 3.42. The number of hydrogen-bond acceptors (Lipinski definition) is 3. The zero-order valence-corrected chi connectivity index (χ0v) is 11.6. The van der Waals surface area contributed by atoms with Gasteiger partial charge in [0.25, 0.3) is 0 Å². The van der Waals surface area contributed by atoms with E-state index in [0.29, 0.717) is 0 Å². The smallest absolute Gasteiger partial charge is 0.0119 e. The van der Waals surface area contributed by atoms with Gasteiger partial charge in [-0.05, 0) is 71.8 Å². The van der Waals surface area contributed by atoms with Gasteiger partial charge in [-0.2, -0.15) is 0 Å². The van der Waals surface area contributed by atoms with Crippen molar-refractivity contribution in [3.63, 3.8) is 0 Å². The summed E-state index contributed by atoms with van der Waals surface area (Å²) in [6, 6.07) is 1.61. The maximum absolute atomic E-state index is 5.84. The second-order valence-corrected chi connectivity index (χ2v) is 6.12. The zero-order chi connectivity index (χ0) is 12.3. The van der Waals surface area contributed by atoms with Crippen LogP contribution in [-0.4, -0.2) is 55.6 Å². The van der Waals surface area contributed by atoms with Crippen LogP contribution in [0, 0.1) is 5.92 Å². The standard InChI is InChI=1S/C14H29N3/c1-16-8-6-13(7-9-16)17(2)14-5-3-4-12(10-14)11-15/h12-14H,3-11,15H2,1-2H3. The molecular formula is C14H29N3. The molecular weight excluding hydrogens is 210 g/mol. The van der Waals surface area contributed by atoms with Crippen LogP contribution in [0.3, 0.4) is 0 Å². The molecule has 1 heterocycles. The van der Waals surface area contributed by atoms with Crippen LogP contribution in [0.25, 0.3) is 0 Å². The van der Waals surface area contributed by atoms with Gasteiger partial charge in [-0.25, -0.2) is 0 Å². The lowest BCUT2D eigenvalue weighted by molar-refractivity contribution is 0.0761. The fourth-order valence-corrected chi connectivity index (χ4v) is 3.55. The van der Waals surface area contributed by atoms with Crippen molar-refractivity contribution in [1.29, 1.82) is 0 Å². The molecule has 17 heavy (non-hydrogen) atoms. The van der Waals surface area contributed by atoms with Crippen LogP contribution in [0.4, 0.5) is 0 Å². The Kier molecular flexibility index (Phi) is 4.83. The highest BCUT2D eigenvalue weighted by Gasteiger charge is 2.29. The molecule has 2 unspecified atom stereocenters. The van der Waals surface area contributed by atoms with Gasteiger partial charge in [0.1, 0.15) is 0 Å². The van der Waals surface area contributed by atoms with E-state index in [0.717, 1.165) is 24.5 Å². The molecule has 0 spiro atoms. The fraction of sp³-hybridized carbons (Fsp3) is 1.00. The molecule has 100 valence electrons. The predicted octanol–water partition coefficient (Wildman–Crippen LogP) is 1.53. The number of piperidine rings is 1. The lowest BCUT2D eigenvalue weighted by Crippen LogP contribution is -2.48. The van der Waals surface area contributed by atoms with E-state index in [4.69, 9.17) is 5.73 Å². The molecule has 0 amide bonds. The summed E-state index contributed by atoms with van der Waals surface area (Å²) >= 11 is 0. The van der Waals surface area contributed by atoms with Gasteiger partial charge in [-0.15, -0.1) is 0 Å². The Hall–Kier alpha value is -0.120. The summed E-state index contributed by atoms with van der Waals surface area (Å²) in [4.78, 5) is 5.13. The van der Waals surface area contributed by atoms with Crippen molar-refractivity contribution in [2.75, 3.05) is 33.7 Å². The molecule has 1 aliphatic heterocycles. The third-order valence-corrected chi connectivity index (χ3v) is 4.93. The second kappa shape index (κ2) is 6.17. The van der Waals surface area contributed by atoms with Gasteiger partial charge in [-0.1, -0.05) is 6.42 Å². The van der Waals surface area contributed by atoms with Gasteiger partial charge in [0.05, 0.1) is 0 Å². The van der Waals surface area contributed by atoms with Crippen molar-refractivity contribution >= 4 is 0 Å². The summed E-state index contributed by atoms with van der Waals surface area (Å²) in [6.07, 6.45) is 8.14. The third-order valence-electron chi connectivity index (χ3n) is 4.93. The van der Waals surface area contributed by atoms with E-state index < -0.39 is 0 Å². The number of rotatable bonds is 3. The molecule has 0 aromatic carbocycles. The van der Waals surface area contributed by atoms with Crippen molar-refractivity contribution < 1.29 is 0 Å². The first-order chi connectivity index (χ1) is 8.20. The molecule has 2 rings (SSSR count). The van der Waals surface area contributed by atoms with Crippen molar-refractivity contribution in [3.05, 3.63) is 0 Å². The lowest BCUT2D eigenvalue weighted by Gasteiger charge is -2.42. The Morgan fingerprint density at radius 2 is 1.82 bits per heavy atom. The van der Waals surface area contributed by atoms with Crippen LogP contribution in [-0.2, 0) is 0 Å².